The number of nitrogens with zero attached hydrogens (tertiary/aromatic N) is 2. The van der Waals surface area contributed by atoms with Gasteiger partial charge in [-0.15, -0.1) is 0 Å². The van der Waals surface area contributed by atoms with Crippen molar-refractivity contribution in [3.63, 3.8) is 0 Å². The molecule has 0 saturated carbocycles. The molecule has 24 heavy (non-hydrogen) atoms. The van der Waals surface area contributed by atoms with Gasteiger partial charge in [-0.3, -0.25) is 4.79 Å². The summed E-state index contributed by atoms with van der Waals surface area (Å²) in [4.78, 5) is 20.4. The van der Waals surface area contributed by atoms with Crippen molar-refractivity contribution < 1.29 is 4.79 Å². The topological polar surface area (TPSA) is 51.4 Å². The highest BCUT2D eigenvalue weighted by Gasteiger charge is 2.17. The molecule has 0 aliphatic carbocycles. The van der Waals surface area contributed by atoms with Crippen molar-refractivity contribution in [3.8, 4) is 0 Å². The summed E-state index contributed by atoms with van der Waals surface area (Å²) < 4.78 is 0. The lowest BCUT2D eigenvalue weighted by Crippen LogP contribution is -2.46. The van der Waals surface area contributed by atoms with E-state index in [2.05, 4.69) is 53.1 Å². The number of benzene rings is 1. The molecule has 1 saturated heterocycles. The Morgan fingerprint density at radius 3 is 2.75 bits per heavy atom. The van der Waals surface area contributed by atoms with Gasteiger partial charge in [0.2, 0.25) is 0 Å². The number of piperazine rings is 1. The lowest BCUT2D eigenvalue weighted by Gasteiger charge is -2.33. The Bertz CT molecular complexity index is 700. The minimum Gasteiger partial charge on any atom is -0.351 e. The number of rotatable bonds is 5. The number of amides is 1. The highest BCUT2D eigenvalue weighted by atomic mass is 16.1. The van der Waals surface area contributed by atoms with E-state index < -0.39 is 0 Å². The molecule has 0 unspecified atom stereocenters. The van der Waals surface area contributed by atoms with Gasteiger partial charge < -0.3 is 20.1 Å². The Morgan fingerprint density at radius 1 is 1.25 bits per heavy atom. The lowest BCUT2D eigenvalue weighted by molar-refractivity contribution is 0.0933. The number of nitrogens with one attached hydrogen (secondary N) is 2. The van der Waals surface area contributed by atoms with Crippen molar-refractivity contribution in [2.24, 2.45) is 5.92 Å². The molecule has 0 spiro atoms. The number of H-pyrrole nitrogens is 1. The van der Waals surface area contributed by atoms with Crippen LogP contribution in [0.5, 0.6) is 0 Å². The Hall–Kier alpha value is -1.85. The molecule has 1 fully saturated rings. The van der Waals surface area contributed by atoms with Gasteiger partial charge in [-0.05, 0) is 37.6 Å². The number of aryl methyl sites for hydroxylation is 1. The first-order valence-electron chi connectivity index (χ1n) is 8.80. The van der Waals surface area contributed by atoms with Crippen LogP contribution in [0.25, 0.3) is 10.9 Å². The first-order chi connectivity index (χ1) is 11.5. The van der Waals surface area contributed by atoms with Crippen molar-refractivity contribution in [2.45, 2.75) is 13.8 Å². The molecule has 5 nitrogen and oxygen atoms in total. The van der Waals surface area contributed by atoms with Crippen molar-refractivity contribution in [3.05, 3.63) is 35.5 Å². The second-order valence-corrected chi connectivity index (χ2v) is 7.19. The molecule has 1 aromatic heterocycles. The van der Waals surface area contributed by atoms with E-state index in [-0.39, 0.29) is 5.91 Å². The van der Waals surface area contributed by atoms with Crippen molar-refractivity contribution >= 4 is 16.8 Å². The molecule has 1 aliphatic heterocycles. The van der Waals surface area contributed by atoms with Crippen LogP contribution in [0, 0.1) is 12.8 Å². The van der Waals surface area contributed by atoms with Gasteiger partial charge in [-0.1, -0.05) is 19.1 Å². The Balaban J connectivity index is 1.50. The van der Waals surface area contributed by atoms with Crippen LogP contribution in [-0.4, -0.2) is 67.0 Å². The highest BCUT2D eigenvalue weighted by molar-refractivity contribution is 5.98. The van der Waals surface area contributed by atoms with E-state index in [1.165, 1.54) is 5.56 Å². The number of aromatic nitrogens is 1. The SMILES string of the molecule is Cc1ccc2cc(C(=O)NC[C@@H](C)CN3CCN(C)CC3)[nH]c2c1. The molecule has 0 radical (unpaired) electrons. The third-order valence-corrected chi connectivity index (χ3v) is 4.80. The number of carbonyl (C=O) groups excluding carboxylic acids is 1. The largest absolute Gasteiger partial charge is 0.351 e. The monoisotopic (exact) mass is 328 g/mol. The van der Waals surface area contributed by atoms with Crippen LogP contribution >= 0.6 is 0 Å². The van der Waals surface area contributed by atoms with Crippen LogP contribution in [0.1, 0.15) is 23.0 Å². The molecule has 1 aliphatic rings. The van der Waals surface area contributed by atoms with E-state index in [1.807, 2.05) is 12.1 Å². The smallest absolute Gasteiger partial charge is 0.267 e. The third kappa shape index (κ3) is 4.16. The van der Waals surface area contributed by atoms with Gasteiger partial charge >= 0.3 is 0 Å². The van der Waals surface area contributed by atoms with Crippen LogP contribution in [-0.2, 0) is 0 Å². The van der Waals surface area contributed by atoms with Crippen LogP contribution in [0.2, 0.25) is 0 Å². The molecular weight excluding hydrogens is 300 g/mol. The maximum absolute atomic E-state index is 12.4. The van der Waals surface area contributed by atoms with E-state index in [0.29, 0.717) is 18.2 Å². The molecule has 3 rings (SSSR count). The fourth-order valence-electron chi connectivity index (χ4n) is 3.26. The van der Waals surface area contributed by atoms with E-state index in [9.17, 15) is 4.79 Å². The first kappa shape index (κ1) is 17.0. The van der Waals surface area contributed by atoms with Crippen LogP contribution < -0.4 is 5.32 Å². The molecule has 5 heteroatoms. The maximum Gasteiger partial charge on any atom is 0.267 e. The van der Waals surface area contributed by atoms with Crippen LogP contribution in [0.15, 0.2) is 24.3 Å². The zero-order valence-electron chi connectivity index (χ0n) is 14.9. The third-order valence-electron chi connectivity index (χ3n) is 4.80. The summed E-state index contributed by atoms with van der Waals surface area (Å²) in [5, 5.41) is 4.15. The first-order valence-corrected chi connectivity index (χ1v) is 8.80. The van der Waals surface area contributed by atoms with E-state index in [0.717, 1.165) is 43.6 Å². The standard InChI is InChI=1S/C19H28N4O/c1-14-4-5-16-11-18(21-17(16)10-14)19(24)20-12-15(2)13-23-8-6-22(3)7-9-23/h4-5,10-11,15,21H,6-9,12-13H2,1-3H3,(H,20,24)/t15-/m1/s1. The van der Waals surface area contributed by atoms with E-state index in [4.69, 9.17) is 0 Å². The van der Waals surface area contributed by atoms with Crippen LogP contribution in [0.3, 0.4) is 0 Å². The number of hydrogen-bond acceptors (Lipinski definition) is 3. The molecule has 2 heterocycles. The average molecular weight is 328 g/mol. The maximum atomic E-state index is 12.4. The Kier molecular flexibility index (Phi) is 5.21. The quantitative estimate of drug-likeness (QED) is 0.884. The van der Waals surface area contributed by atoms with Gasteiger partial charge in [0.1, 0.15) is 5.69 Å². The number of hydrogen-bond donors (Lipinski definition) is 2. The number of aromatic amines is 1. The molecular formula is C19H28N4O. The second-order valence-electron chi connectivity index (χ2n) is 7.19. The summed E-state index contributed by atoms with van der Waals surface area (Å²) >= 11 is 0. The average Bonchev–Trinajstić information content (AvgIpc) is 2.98. The lowest BCUT2D eigenvalue weighted by atomic mass is 10.1. The fraction of sp³-hybridized carbons (Fsp3) is 0.526. The minimum absolute atomic E-state index is 0.0194. The summed E-state index contributed by atoms with van der Waals surface area (Å²) in [5.74, 6) is 0.429. The molecule has 2 aromatic rings. The second kappa shape index (κ2) is 7.36. The van der Waals surface area contributed by atoms with Crippen molar-refractivity contribution in [1.82, 2.24) is 20.1 Å². The zero-order valence-corrected chi connectivity index (χ0v) is 14.9. The summed E-state index contributed by atoms with van der Waals surface area (Å²) in [6.07, 6.45) is 0. The Morgan fingerprint density at radius 2 is 2.00 bits per heavy atom. The van der Waals surface area contributed by atoms with Gasteiger partial charge in [0, 0.05) is 50.2 Å². The number of fused-ring (bicyclic) bond motifs is 1. The number of likely N-dealkylation sites (N-methyl/N-ethyl adjacent to an activating group) is 1. The number of carbonyl (C=O) groups is 1. The normalized spacial score (nSPS) is 18.0. The van der Waals surface area contributed by atoms with Crippen molar-refractivity contribution in [1.29, 1.82) is 0 Å². The summed E-state index contributed by atoms with van der Waals surface area (Å²) in [5.41, 5.74) is 2.85. The van der Waals surface area contributed by atoms with Crippen molar-refractivity contribution in [2.75, 3.05) is 46.3 Å². The highest BCUT2D eigenvalue weighted by Crippen LogP contribution is 2.16. The molecule has 2 N–H and O–H groups in total. The molecule has 130 valence electrons. The summed E-state index contributed by atoms with van der Waals surface area (Å²) in [6.45, 7) is 10.5. The summed E-state index contributed by atoms with van der Waals surface area (Å²) in [6, 6.07) is 8.11. The predicted octanol–water partition coefficient (Wildman–Crippen LogP) is 2.09. The van der Waals surface area contributed by atoms with Gasteiger partial charge in [0.15, 0.2) is 0 Å². The minimum atomic E-state index is -0.0194. The van der Waals surface area contributed by atoms with Gasteiger partial charge in [0.25, 0.3) is 5.91 Å². The molecule has 1 amide bonds. The van der Waals surface area contributed by atoms with Gasteiger partial charge in [-0.25, -0.2) is 0 Å². The van der Waals surface area contributed by atoms with Gasteiger partial charge in [-0.2, -0.15) is 0 Å². The molecule has 1 atom stereocenters. The van der Waals surface area contributed by atoms with E-state index in [1.54, 1.807) is 0 Å². The Labute approximate surface area is 144 Å². The molecule has 0 bridgehead atoms. The van der Waals surface area contributed by atoms with Crippen LogP contribution in [0.4, 0.5) is 0 Å². The van der Waals surface area contributed by atoms with Gasteiger partial charge in [0.05, 0.1) is 0 Å². The predicted molar refractivity (Wildman–Crippen MR) is 98.5 cm³/mol. The van der Waals surface area contributed by atoms with E-state index >= 15 is 0 Å². The molecule has 1 aromatic carbocycles. The zero-order chi connectivity index (χ0) is 17.1. The summed E-state index contributed by atoms with van der Waals surface area (Å²) in [7, 11) is 2.17. The fourth-order valence-corrected chi connectivity index (χ4v) is 3.26.